The van der Waals surface area contributed by atoms with Crippen LogP contribution in [0.25, 0.3) is 6.08 Å². The standard InChI is InChI=1S/C16H15ClN2O3S/c1-18-16(20)10-7-12-5-8-15(9-6-12)23(21,22)19-14-4-2-3-13(17)11-14/h2-11,19H,1H3,(H,18,20)/b10-7+. The summed E-state index contributed by atoms with van der Waals surface area (Å²) in [5.41, 5.74) is 1.11. The molecule has 0 aliphatic heterocycles. The molecule has 0 aromatic heterocycles. The first-order chi connectivity index (χ1) is 10.9. The molecule has 0 heterocycles. The van der Waals surface area contributed by atoms with E-state index < -0.39 is 10.0 Å². The first kappa shape index (κ1) is 17.1. The van der Waals surface area contributed by atoms with Gasteiger partial charge in [-0.15, -0.1) is 0 Å². The number of rotatable bonds is 5. The van der Waals surface area contributed by atoms with Gasteiger partial charge < -0.3 is 5.32 Å². The Morgan fingerprint density at radius 3 is 2.43 bits per heavy atom. The van der Waals surface area contributed by atoms with Gasteiger partial charge in [0.1, 0.15) is 0 Å². The predicted octanol–water partition coefficient (Wildman–Crippen LogP) is 2.90. The topological polar surface area (TPSA) is 75.3 Å². The molecule has 0 saturated carbocycles. The lowest BCUT2D eigenvalue weighted by molar-refractivity contribution is -0.115. The first-order valence-corrected chi connectivity index (χ1v) is 8.55. The van der Waals surface area contributed by atoms with Gasteiger partial charge in [0.25, 0.3) is 10.0 Å². The largest absolute Gasteiger partial charge is 0.356 e. The number of nitrogens with one attached hydrogen (secondary N) is 2. The lowest BCUT2D eigenvalue weighted by atomic mass is 10.2. The van der Waals surface area contributed by atoms with E-state index >= 15 is 0 Å². The number of sulfonamides is 1. The van der Waals surface area contributed by atoms with Crippen molar-refractivity contribution in [3.63, 3.8) is 0 Å². The van der Waals surface area contributed by atoms with E-state index in [1.165, 1.54) is 31.3 Å². The van der Waals surface area contributed by atoms with E-state index in [0.29, 0.717) is 10.7 Å². The third-order valence-electron chi connectivity index (χ3n) is 2.94. The van der Waals surface area contributed by atoms with Crippen molar-refractivity contribution in [2.24, 2.45) is 0 Å². The fourth-order valence-electron chi connectivity index (χ4n) is 1.78. The number of amides is 1. The van der Waals surface area contributed by atoms with Crippen LogP contribution < -0.4 is 10.0 Å². The van der Waals surface area contributed by atoms with Gasteiger partial charge in [-0.25, -0.2) is 8.42 Å². The molecule has 7 heteroatoms. The number of anilines is 1. The van der Waals surface area contributed by atoms with E-state index in [-0.39, 0.29) is 10.8 Å². The normalized spacial score (nSPS) is 11.4. The van der Waals surface area contributed by atoms with Crippen LogP contribution in [0.4, 0.5) is 5.69 Å². The van der Waals surface area contributed by atoms with Gasteiger partial charge in [0, 0.05) is 18.1 Å². The van der Waals surface area contributed by atoms with Crippen LogP contribution in [0.1, 0.15) is 5.56 Å². The summed E-state index contributed by atoms with van der Waals surface area (Å²) in [6, 6.07) is 12.6. The van der Waals surface area contributed by atoms with Gasteiger partial charge in [0.15, 0.2) is 0 Å². The molecule has 0 bridgehead atoms. The summed E-state index contributed by atoms with van der Waals surface area (Å²) < 4.78 is 27.1. The molecule has 5 nitrogen and oxygen atoms in total. The Labute approximate surface area is 140 Å². The number of likely N-dealkylation sites (N-methyl/N-ethyl adjacent to an activating group) is 1. The molecule has 23 heavy (non-hydrogen) atoms. The maximum atomic E-state index is 12.3. The van der Waals surface area contributed by atoms with Crippen LogP contribution in [0.3, 0.4) is 0 Å². The van der Waals surface area contributed by atoms with E-state index in [4.69, 9.17) is 11.6 Å². The molecule has 120 valence electrons. The third kappa shape index (κ3) is 4.84. The first-order valence-electron chi connectivity index (χ1n) is 6.69. The van der Waals surface area contributed by atoms with Crippen LogP contribution in [0.15, 0.2) is 59.5 Å². The maximum absolute atomic E-state index is 12.3. The van der Waals surface area contributed by atoms with Gasteiger partial charge in [0.05, 0.1) is 10.6 Å². The third-order valence-corrected chi connectivity index (χ3v) is 4.57. The van der Waals surface area contributed by atoms with Crippen molar-refractivity contribution in [3.8, 4) is 0 Å². The molecule has 2 rings (SSSR count). The SMILES string of the molecule is CNC(=O)/C=C/c1ccc(S(=O)(=O)Nc2cccc(Cl)c2)cc1. The second kappa shape index (κ2) is 7.30. The van der Waals surface area contributed by atoms with Crippen LogP contribution in [-0.2, 0) is 14.8 Å². The Bertz CT molecular complexity index is 831. The van der Waals surface area contributed by atoms with E-state index in [1.807, 2.05) is 0 Å². The Kier molecular flexibility index (Phi) is 5.41. The van der Waals surface area contributed by atoms with Crippen LogP contribution in [0.2, 0.25) is 5.02 Å². The Morgan fingerprint density at radius 2 is 1.83 bits per heavy atom. The molecular weight excluding hydrogens is 336 g/mol. The highest BCUT2D eigenvalue weighted by atomic mass is 35.5. The smallest absolute Gasteiger partial charge is 0.261 e. The molecule has 0 saturated heterocycles. The summed E-state index contributed by atoms with van der Waals surface area (Å²) in [7, 11) is -2.16. The average molecular weight is 351 g/mol. The number of carbonyl (C=O) groups excluding carboxylic acids is 1. The molecule has 0 radical (unpaired) electrons. The fraction of sp³-hybridized carbons (Fsp3) is 0.0625. The molecular formula is C16H15ClN2O3S. The van der Waals surface area contributed by atoms with Crippen molar-refractivity contribution in [3.05, 3.63) is 65.2 Å². The zero-order valence-electron chi connectivity index (χ0n) is 12.3. The second-order valence-electron chi connectivity index (χ2n) is 4.63. The van der Waals surface area contributed by atoms with E-state index in [9.17, 15) is 13.2 Å². The van der Waals surface area contributed by atoms with Crippen LogP contribution >= 0.6 is 11.6 Å². The molecule has 0 aliphatic rings. The minimum Gasteiger partial charge on any atom is -0.356 e. The average Bonchev–Trinajstić information content (AvgIpc) is 2.52. The Morgan fingerprint density at radius 1 is 1.13 bits per heavy atom. The minimum absolute atomic E-state index is 0.120. The summed E-state index contributed by atoms with van der Waals surface area (Å²) in [4.78, 5) is 11.2. The molecule has 2 aromatic carbocycles. The van der Waals surface area contributed by atoms with Crippen molar-refractivity contribution >= 4 is 39.3 Å². The van der Waals surface area contributed by atoms with Gasteiger partial charge in [-0.05, 0) is 42.0 Å². The summed E-state index contributed by atoms with van der Waals surface area (Å²) in [5.74, 6) is -0.232. The van der Waals surface area contributed by atoms with Crippen LogP contribution in [0.5, 0.6) is 0 Å². The van der Waals surface area contributed by atoms with Gasteiger partial charge in [-0.1, -0.05) is 29.8 Å². The molecule has 0 unspecified atom stereocenters. The number of benzene rings is 2. The van der Waals surface area contributed by atoms with Gasteiger partial charge in [0.2, 0.25) is 5.91 Å². The highest BCUT2D eigenvalue weighted by Gasteiger charge is 2.13. The highest BCUT2D eigenvalue weighted by molar-refractivity contribution is 7.92. The summed E-state index contributed by atoms with van der Waals surface area (Å²) in [5, 5.41) is 2.90. The Hall–Kier alpha value is -2.31. The van der Waals surface area contributed by atoms with Crippen molar-refractivity contribution in [2.45, 2.75) is 4.90 Å². The lowest BCUT2D eigenvalue weighted by Crippen LogP contribution is -2.14. The van der Waals surface area contributed by atoms with E-state index in [2.05, 4.69) is 10.0 Å². The monoisotopic (exact) mass is 350 g/mol. The number of halogens is 1. The van der Waals surface area contributed by atoms with Gasteiger partial charge >= 0.3 is 0 Å². The Balaban J connectivity index is 2.17. The minimum atomic E-state index is -3.69. The molecule has 1 amide bonds. The highest BCUT2D eigenvalue weighted by Crippen LogP contribution is 2.20. The lowest BCUT2D eigenvalue weighted by Gasteiger charge is -2.08. The zero-order chi connectivity index (χ0) is 16.9. The fourth-order valence-corrected chi connectivity index (χ4v) is 3.02. The summed E-state index contributed by atoms with van der Waals surface area (Å²) in [6.07, 6.45) is 2.97. The van der Waals surface area contributed by atoms with Crippen molar-refractivity contribution in [2.75, 3.05) is 11.8 Å². The van der Waals surface area contributed by atoms with Gasteiger partial charge in [-0.2, -0.15) is 0 Å². The molecule has 0 aliphatic carbocycles. The second-order valence-corrected chi connectivity index (χ2v) is 6.75. The van der Waals surface area contributed by atoms with Crippen molar-refractivity contribution < 1.29 is 13.2 Å². The van der Waals surface area contributed by atoms with Crippen LogP contribution in [0, 0.1) is 0 Å². The van der Waals surface area contributed by atoms with Crippen molar-refractivity contribution in [1.29, 1.82) is 0 Å². The number of hydrogen-bond donors (Lipinski definition) is 2. The van der Waals surface area contributed by atoms with E-state index in [0.717, 1.165) is 5.56 Å². The molecule has 0 fully saturated rings. The van der Waals surface area contributed by atoms with Crippen LogP contribution in [-0.4, -0.2) is 21.4 Å². The quantitative estimate of drug-likeness (QED) is 0.814. The number of hydrogen-bond acceptors (Lipinski definition) is 3. The molecule has 0 atom stereocenters. The summed E-state index contributed by atoms with van der Waals surface area (Å²) >= 11 is 5.84. The van der Waals surface area contributed by atoms with E-state index in [1.54, 1.807) is 36.4 Å². The predicted molar refractivity (Wildman–Crippen MR) is 91.8 cm³/mol. The molecule has 0 spiro atoms. The maximum Gasteiger partial charge on any atom is 0.261 e. The van der Waals surface area contributed by atoms with Gasteiger partial charge in [-0.3, -0.25) is 9.52 Å². The number of carbonyl (C=O) groups is 1. The van der Waals surface area contributed by atoms with Crippen molar-refractivity contribution in [1.82, 2.24) is 5.32 Å². The molecule has 2 aromatic rings. The zero-order valence-corrected chi connectivity index (χ0v) is 13.9. The summed E-state index contributed by atoms with van der Waals surface area (Å²) in [6.45, 7) is 0. The molecule has 2 N–H and O–H groups in total.